The van der Waals surface area contributed by atoms with Crippen LogP contribution in [0.5, 0.6) is 5.75 Å². The summed E-state index contributed by atoms with van der Waals surface area (Å²) >= 11 is 0. The van der Waals surface area contributed by atoms with Crippen LogP contribution < -0.4 is 16.0 Å². The van der Waals surface area contributed by atoms with Crippen LogP contribution in [0.4, 0.5) is 0 Å². The Morgan fingerprint density at radius 3 is 2.62 bits per heavy atom. The number of nitrogens with zero attached hydrogens (tertiary/aromatic N) is 2. The number of carbonyl (C=O) groups excluding carboxylic acids is 1. The summed E-state index contributed by atoms with van der Waals surface area (Å²) in [6.07, 6.45) is 1.72. The van der Waals surface area contributed by atoms with Gasteiger partial charge in [-0.2, -0.15) is 5.06 Å². The van der Waals surface area contributed by atoms with Gasteiger partial charge >= 0.3 is 5.69 Å². The molecule has 0 amide bonds. The molecule has 2 unspecified atom stereocenters. The maximum Gasteiger partial charge on any atom is 0.328 e. The average molecular weight is 359 g/mol. The highest BCUT2D eigenvalue weighted by molar-refractivity contribution is 5.93. The van der Waals surface area contributed by atoms with E-state index >= 15 is 0 Å². The molecule has 1 fully saturated rings. The molecule has 2 heterocycles. The largest absolute Gasteiger partial charge is 0.497 e. The van der Waals surface area contributed by atoms with E-state index in [1.165, 1.54) is 17.7 Å². The molecule has 1 aliphatic rings. The Kier molecular flexibility index (Phi) is 5.06. The minimum atomic E-state index is -0.667. The van der Waals surface area contributed by atoms with Crippen molar-refractivity contribution < 1.29 is 14.4 Å². The lowest BCUT2D eigenvalue weighted by atomic mass is 10.0. The van der Waals surface area contributed by atoms with Crippen LogP contribution in [-0.2, 0) is 11.4 Å². The zero-order valence-corrected chi connectivity index (χ0v) is 14.9. The van der Waals surface area contributed by atoms with Gasteiger partial charge in [-0.3, -0.25) is 24.0 Å². The number of hydrogen-bond acceptors (Lipinski definition) is 6. The number of ether oxygens (including phenoxy) is 1. The van der Waals surface area contributed by atoms with Gasteiger partial charge in [0.15, 0.2) is 5.78 Å². The Hall–Kier alpha value is -2.71. The molecule has 1 aliphatic heterocycles. The number of carbonyl (C=O) groups is 1. The van der Waals surface area contributed by atoms with Gasteiger partial charge in [0.1, 0.15) is 5.75 Å². The normalized spacial score (nSPS) is 20.3. The third-order valence-electron chi connectivity index (χ3n) is 4.53. The molecule has 0 saturated carbocycles. The van der Waals surface area contributed by atoms with Gasteiger partial charge in [0.25, 0.3) is 5.56 Å². The summed E-state index contributed by atoms with van der Waals surface area (Å²) in [7, 11) is 3.46. The van der Waals surface area contributed by atoms with Crippen molar-refractivity contribution in [1.29, 1.82) is 0 Å². The summed E-state index contributed by atoms with van der Waals surface area (Å²) in [6, 6.07) is 7.78. The third-order valence-corrected chi connectivity index (χ3v) is 4.53. The number of aromatic nitrogens is 2. The van der Waals surface area contributed by atoms with Crippen LogP contribution in [0.25, 0.3) is 0 Å². The Labute approximate surface area is 149 Å². The van der Waals surface area contributed by atoms with E-state index in [2.05, 4.69) is 4.98 Å². The molecule has 8 nitrogen and oxygen atoms in total. The summed E-state index contributed by atoms with van der Waals surface area (Å²) in [6.45, 7) is 1.53. The van der Waals surface area contributed by atoms with Crippen molar-refractivity contribution in [2.45, 2.75) is 32.0 Å². The van der Waals surface area contributed by atoms with Gasteiger partial charge in [0, 0.05) is 13.2 Å². The number of aromatic amines is 1. The van der Waals surface area contributed by atoms with E-state index in [0.29, 0.717) is 6.42 Å². The zero-order valence-electron chi connectivity index (χ0n) is 14.9. The molecule has 138 valence electrons. The molecule has 1 aromatic heterocycles. The van der Waals surface area contributed by atoms with Gasteiger partial charge in [-0.15, -0.1) is 0 Å². The fourth-order valence-electron chi connectivity index (χ4n) is 3.14. The molecule has 1 aromatic carbocycles. The SMILES string of the molecule is COc1ccc(C2CC(Cn3cc(C(C)=O)c(=O)[nH]c3=O)ON2C)cc1. The van der Waals surface area contributed by atoms with Crippen molar-refractivity contribution in [1.82, 2.24) is 14.6 Å². The Bertz CT molecular complexity index is 916. The van der Waals surface area contributed by atoms with Crippen molar-refractivity contribution in [3.8, 4) is 5.75 Å². The van der Waals surface area contributed by atoms with Crippen molar-refractivity contribution in [3.05, 3.63) is 62.4 Å². The predicted molar refractivity (Wildman–Crippen MR) is 94.3 cm³/mol. The number of hydroxylamine groups is 2. The molecule has 1 N–H and O–H groups in total. The van der Waals surface area contributed by atoms with Crippen LogP contribution in [0, 0.1) is 0 Å². The number of H-pyrrole nitrogens is 1. The first-order valence-corrected chi connectivity index (χ1v) is 8.27. The van der Waals surface area contributed by atoms with Gasteiger partial charge in [-0.1, -0.05) is 12.1 Å². The van der Waals surface area contributed by atoms with Crippen LogP contribution in [0.2, 0.25) is 0 Å². The first-order chi connectivity index (χ1) is 12.4. The number of rotatable bonds is 5. The standard InChI is InChI=1S/C18H21N3O5/c1-11(22)15-10-21(18(24)19-17(15)23)9-14-8-16(20(2)26-14)12-4-6-13(25-3)7-5-12/h4-7,10,14,16H,8-9H2,1-3H3,(H,19,23,24). The highest BCUT2D eigenvalue weighted by Gasteiger charge is 2.32. The smallest absolute Gasteiger partial charge is 0.328 e. The fraction of sp³-hybridized carbons (Fsp3) is 0.389. The third kappa shape index (κ3) is 3.61. The van der Waals surface area contributed by atoms with Crippen LogP contribution in [-0.4, -0.2) is 40.7 Å². The molecule has 0 aliphatic carbocycles. The van der Waals surface area contributed by atoms with Gasteiger partial charge in [0.2, 0.25) is 0 Å². The van der Waals surface area contributed by atoms with E-state index < -0.39 is 11.2 Å². The van der Waals surface area contributed by atoms with E-state index in [4.69, 9.17) is 9.57 Å². The van der Waals surface area contributed by atoms with Crippen LogP contribution >= 0.6 is 0 Å². The molecule has 2 atom stereocenters. The molecule has 0 radical (unpaired) electrons. The Balaban J connectivity index is 1.78. The Morgan fingerprint density at radius 2 is 2.00 bits per heavy atom. The second-order valence-corrected chi connectivity index (χ2v) is 6.31. The van der Waals surface area contributed by atoms with E-state index in [0.717, 1.165) is 11.3 Å². The molecule has 3 rings (SSSR count). The van der Waals surface area contributed by atoms with Gasteiger partial charge in [-0.25, -0.2) is 4.79 Å². The number of Topliss-reactive ketones (excluding diaryl/α,β-unsaturated/α-hetero) is 1. The lowest BCUT2D eigenvalue weighted by Crippen LogP contribution is -2.35. The second kappa shape index (κ2) is 7.27. The van der Waals surface area contributed by atoms with Crippen LogP contribution in [0.15, 0.2) is 40.1 Å². The highest BCUT2D eigenvalue weighted by atomic mass is 16.7. The predicted octanol–water partition coefficient (Wildman–Crippen LogP) is 1.12. The van der Waals surface area contributed by atoms with Crippen LogP contribution in [0.3, 0.4) is 0 Å². The monoisotopic (exact) mass is 359 g/mol. The zero-order chi connectivity index (χ0) is 18.8. The quantitative estimate of drug-likeness (QED) is 0.804. The summed E-state index contributed by atoms with van der Waals surface area (Å²) < 4.78 is 6.49. The number of benzene rings is 1. The second-order valence-electron chi connectivity index (χ2n) is 6.31. The molecule has 1 saturated heterocycles. The van der Waals surface area contributed by atoms with E-state index in [-0.39, 0.29) is 30.0 Å². The average Bonchev–Trinajstić information content (AvgIpc) is 2.97. The molecule has 26 heavy (non-hydrogen) atoms. The molecular weight excluding hydrogens is 338 g/mol. The number of ketones is 1. The molecule has 0 bridgehead atoms. The first-order valence-electron chi connectivity index (χ1n) is 8.27. The number of methoxy groups -OCH3 is 1. The summed E-state index contributed by atoms with van der Waals surface area (Å²) in [5.41, 5.74) is -0.185. The molecular formula is C18H21N3O5. The van der Waals surface area contributed by atoms with Gasteiger partial charge in [0.05, 0.1) is 31.4 Å². The molecule has 8 heteroatoms. The van der Waals surface area contributed by atoms with Crippen molar-refractivity contribution >= 4 is 5.78 Å². The van der Waals surface area contributed by atoms with E-state index in [1.54, 1.807) is 12.2 Å². The van der Waals surface area contributed by atoms with Crippen LogP contribution in [0.1, 0.15) is 35.3 Å². The minimum Gasteiger partial charge on any atom is -0.497 e. The fourth-order valence-corrected chi connectivity index (χ4v) is 3.14. The molecule has 0 spiro atoms. The summed E-state index contributed by atoms with van der Waals surface area (Å²) in [4.78, 5) is 43.2. The lowest BCUT2D eigenvalue weighted by molar-refractivity contribution is -0.147. The van der Waals surface area contributed by atoms with E-state index in [1.807, 2.05) is 31.3 Å². The van der Waals surface area contributed by atoms with Crippen molar-refractivity contribution in [3.63, 3.8) is 0 Å². The van der Waals surface area contributed by atoms with Crippen molar-refractivity contribution in [2.75, 3.05) is 14.2 Å². The van der Waals surface area contributed by atoms with Gasteiger partial charge < -0.3 is 4.74 Å². The minimum absolute atomic E-state index is 0.0386. The summed E-state index contributed by atoms with van der Waals surface area (Å²) in [5, 5.41) is 1.76. The van der Waals surface area contributed by atoms with Gasteiger partial charge in [-0.05, 0) is 31.0 Å². The van der Waals surface area contributed by atoms with E-state index in [9.17, 15) is 14.4 Å². The lowest BCUT2D eigenvalue weighted by Gasteiger charge is -2.18. The van der Waals surface area contributed by atoms with Crippen molar-refractivity contribution in [2.24, 2.45) is 0 Å². The first kappa shape index (κ1) is 18.1. The highest BCUT2D eigenvalue weighted by Crippen LogP contribution is 2.33. The Morgan fingerprint density at radius 1 is 1.31 bits per heavy atom. The molecule has 2 aromatic rings. The number of hydrogen-bond donors (Lipinski definition) is 1. The summed E-state index contributed by atoms with van der Waals surface area (Å²) in [5.74, 6) is 0.393. The maximum absolute atomic E-state index is 12.0. The maximum atomic E-state index is 12.0. The topological polar surface area (TPSA) is 93.6 Å². The number of nitrogens with one attached hydrogen (secondary N) is 1.